The minimum absolute atomic E-state index is 0.0928. The number of hydrogen-bond donors (Lipinski definition) is 2. The number of anilines is 1. The summed E-state index contributed by atoms with van der Waals surface area (Å²) in [5.41, 5.74) is 11.8. The Labute approximate surface area is 116 Å². The fourth-order valence-corrected chi connectivity index (χ4v) is 2.39. The van der Waals surface area contributed by atoms with Crippen molar-refractivity contribution in [3.05, 3.63) is 28.8 Å². The van der Waals surface area contributed by atoms with E-state index in [1.54, 1.807) is 23.1 Å². The fourth-order valence-electron chi connectivity index (χ4n) is 2.21. The number of rotatable bonds is 2. The summed E-state index contributed by atoms with van der Waals surface area (Å²) in [5.74, 6) is -0.508. The number of nitrogens with zero attached hydrogens (tertiary/aromatic N) is 1. The minimum atomic E-state index is -0.289. The van der Waals surface area contributed by atoms with Gasteiger partial charge in [0.25, 0.3) is 5.91 Å². The summed E-state index contributed by atoms with van der Waals surface area (Å²) in [6, 6.07) is 4.84. The first-order valence-corrected chi connectivity index (χ1v) is 6.50. The van der Waals surface area contributed by atoms with Gasteiger partial charge in [0.15, 0.2) is 0 Å². The summed E-state index contributed by atoms with van der Waals surface area (Å²) >= 11 is 5.90. The summed E-state index contributed by atoms with van der Waals surface area (Å²) in [6.45, 7) is 1.07. The normalized spacial score (nSPS) is 16.4. The number of halogens is 1. The average molecular weight is 282 g/mol. The highest BCUT2D eigenvalue weighted by molar-refractivity contribution is 6.33. The van der Waals surface area contributed by atoms with Gasteiger partial charge in [-0.15, -0.1) is 0 Å². The number of piperidine rings is 1. The Kier molecular flexibility index (Phi) is 3.95. The lowest BCUT2D eigenvalue weighted by atomic mass is 9.96. The number of hydrogen-bond acceptors (Lipinski definition) is 3. The van der Waals surface area contributed by atoms with Crippen molar-refractivity contribution in [2.24, 2.45) is 11.7 Å². The van der Waals surface area contributed by atoms with Gasteiger partial charge in [-0.25, -0.2) is 0 Å². The molecule has 2 amide bonds. The van der Waals surface area contributed by atoms with Crippen LogP contribution in [0.1, 0.15) is 23.2 Å². The van der Waals surface area contributed by atoms with Crippen molar-refractivity contribution >= 4 is 29.1 Å². The van der Waals surface area contributed by atoms with Crippen molar-refractivity contribution in [1.29, 1.82) is 0 Å². The lowest BCUT2D eigenvalue weighted by molar-refractivity contribution is -0.123. The fraction of sp³-hybridized carbons (Fsp3) is 0.385. The van der Waals surface area contributed by atoms with Gasteiger partial charge in [-0.1, -0.05) is 11.6 Å². The molecule has 4 N–H and O–H groups in total. The molecule has 0 aromatic heterocycles. The zero-order valence-electron chi connectivity index (χ0n) is 10.4. The highest BCUT2D eigenvalue weighted by Gasteiger charge is 2.26. The van der Waals surface area contributed by atoms with Crippen LogP contribution in [-0.4, -0.2) is 29.8 Å². The van der Waals surface area contributed by atoms with Gasteiger partial charge in [-0.2, -0.15) is 0 Å². The van der Waals surface area contributed by atoms with E-state index in [4.69, 9.17) is 23.1 Å². The van der Waals surface area contributed by atoms with Gasteiger partial charge in [0, 0.05) is 24.6 Å². The second kappa shape index (κ2) is 5.48. The predicted octanol–water partition coefficient (Wildman–Crippen LogP) is 1.26. The molecule has 102 valence electrons. The van der Waals surface area contributed by atoms with E-state index >= 15 is 0 Å². The third-order valence-corrected chi connectivity index (χ3v) is 3.76. The van der Waals surface area contributed by atoms with Crippen LogP contribution in [0.25, 0.3) is 0 Å². The van der Waals surface area contributed by atoms with Crippen molar-refractivity contribution < 1.29 is 9.59 Å². The van der Waals surface area contributed by atoms with Crippen molar-refractivity contribution in [2.45, 2.75) is 12.8 Å². The van der Waals surface area contributed by atoms with Crippen LogP contribution in [0.3, 0.4) is 0 Å². The number of carbonyl (C=O) groups excluding carboxylic acids is 2. The molecule has 0 radical (unpaired) electrons. The second-order valence-electron chi connectivity index (χ2n) is 4.71. The number of primary amides is 1. The number of carbonyl (C=O) groups is 2. The second-order valence-corrected chi connectivity index (χ2v) is 5.11. The van der Waals surface area contributed by atoms with Crippen LogP contribution >= 0.6 is 11.6 Å². The standard InChI is InChI=1S/C13H16ClN3O2/c14-10-7-9(1-2-11(10)15)13(19)17-5-3-8(4-6-17)12(16)18/h1-2,7-8H,3-6,15H2,(H2,16,18). The van der Waals surface area contributed by atoms with Gasteiger partial charge in [-0.05, 0) is 31.0 Å². The summed E-state index contributed by atoms with van der Waals surface area (Å²) in [5, 5.41) is 0.373. The van der Waals surface area contributed by atoms with E-state index < -0.39 is 0 Å². The molecule has 0 unspecified atom stereocenters. The van der Waals surface area contributed by atoms with Gasteiger partial charge in [0.2, 0.25) is 5.91 Å². The van der Waals surface area contributed by atoms with Gasteiger partial charge < -0.3 is 16.4 Å². The van der Waals surface area contributed by atoms with Gasteiger partial charge in [0.05, 0.1) is 10.7 Å². The summed E-state index contributed by atoms with van der Waals surface area (Å²) < 4.78 is 0. The van der Waals surface area contributed by atoms with Gasteiger partial charge in [-0.3, -0.25) is 9.59 Å². The molecule has 2 rings (SSSR count). The molecule has 1 fully saturated rings. The van der Waals surface area contributed by atoms with E-state index in [0.717, 1.165) is 0 Å². The molecule has 1 aromatic rings. The quantitative estimate of drug-likeness (QED) is 0.800. The molecule has 0 aliphatic carbocycles. The number of nitrogen functional groups attached to an aromatic ring is 1. The van der Waals surface area contributed by atoms with Gasteiger partial charge >= 0.3 is 0 Å². The van der Waals surface area contributed by atoms with E-state index in [1.807, 2.05) is 0 Å². The third-order valence-electron chi connectivity index (χ3n) is 3.43. The van der Waals surface area contributed by atoms with E-state index in [0.29, 0.717) is 42.2 Å². The summed E-state index contributed by atoms with van der Waals surface area (Å²) in [6.07, 6.45) is 1.23. The number of nitrogens with two attached hydrogens (primary N) is 2. The van der Waals surface area contributed by atoms with Crippen molar-refractivity contribution in [3.8, 4) is 0 Å². The Bertz CT molecular complexity index is 511. The van der Waals surface area contributed by atoms with Crippen LogP contribution < -0.4 is 11.5 Å². The number of benzene rings is 1. The maximum Gasteiger partial charge on any atom is 0.253 e. The molecule has 1 aromatic carbocycles. The van der Waals surface area contributed by atoms with E-state index in [9.17, 15) is 9.59 Å². The molecule has 0 bridgehead atoms. The topological polar surface area (TPSA) is 89.4 Å². The van der Waals surface area contributed by atoms with E-state index in [-0.39, 0.29) is 17.7 Å². The Hall–Kier alpha value is -1.75. The monoisotopic (exact) mass is 281 g/mol. The van der Waals surface area contributed by atoms with Crippen molar-refractivity contribution in [2.75, 3.05) is 18.8 Å². The highest BCUT2D eigenvalue weighted by Crippen LogP contribution is 2.23. The smallest absolute Gasteiger partial charge is 0.253 e. The molecule has 0 spiro atoms. The molecule has 5 nitrogen and oxygen atoms in total. The Balaban J connectivity index is 2.05. The molecule has 0 atom stereocenters. The first-order valence-electron chi connectivity index (χ1n) is 6.12. The van der Waals surface area contributed by atoms with Crippen LogP contribution in [-0.2, 0) is 4.79 Å². The third kappa shape index (κ3) is 2.98. The highest BCUT2D eigenvalue weighted by atomic mass is 35.5. The van der Waals surface area contributed by atoms with Crippen LogP contribution in [0.2, 0.25) is 5.02 Å². The van der Waals surface area contributed by atoms with Gasteiger partial charge in [0.1, 0.15) is 0 Å². The molecular weight excluding hydrogens is 266 g/mol. The van der Waals surface area contributed by atoms with Crippen LogP contribution in [0.4, 0.5) is 5.69 Å². The Morgan fingerprint density at radius 2 is 1.89 bits per heavy atom. The maximum atomic E-state index is 12.3. The molecular formula is C13H16ClN3O2. The maximum absolute atomic E-state index is 12.3. The SMILES string of the molecule is NC(=O)C1CCN(C(=O)c2ccc(N)c(Cl)c2)CC1. The number of likely N-dealkylation sites (tertiary alicyclic amines) is 1. The van der Waals surface area contributed by atoms with Crippen LogP contribution in [0.15, 0.2) is 18.2 Å². The molecule has 1 aliphatic rings. The summed E-state index contributed by atoms with van der Waals surface area (Å²) in [7, 11) is 0. The lowest BCUT2D eigenvalue weighted by Crippen LogP contribution is -2.41. The largest absolute Gasteiger partial charge is 0.398 e. The van der Waals surface area contributed by atoms with Crippen LogP contribution in [0.5, 0.6) is 0 Å². The number of amides is 2. The molecule has 1 saturated heterocycles. The molecule has 19 heavy (non-hydrogen) atoms. The lowest BCUT2D eigenvalue weighted by Gasteiger charge is -2.30. The average Bonchev–Trinajstić information content (AvgIpc) is 2.41. The predicted molar refractivity (Wildman–Crippen MR) is 73.7 cm³/mol. The Morgan fingerprint density at radius 1 is 1.26 bits per heavy atom. The Morgan fingerprint density at radius 3 is 2.42 bits per heavy atom. The summed E-state index contributed by atoms with van der Waals surface area (Å²) in [4.78, 5) is 25.0. The molecule has 0 saturated carbocycles. The first kappa shape index (κ1) is 13.7. The molecule has 1 heterocycles. The van der Waals surface area contributed by atoms with Crippen molar-refractivity contribution in [3.63, 3.8) is 0 Å². The minimum Gasteiger partial charge on any atom is -0.398 e. The van der Waals surface area contributed by atoms with Crippen LogP contribution in [0, 0.1) is 5.92 Å². The first-order chi connectivity index (χ1) is 8.99. The zero-order chi connectivity index (χ0) is 14.0. The molecule has 6 heteroatoms. The molecule has 1 aliphatic heterocycles. The van der Waals surface area contributed by atoms with Crippen molar-refractivity contribution in [1.82, 2.24) is 4.90 Å². The zero-order valence-corrected chi connectivity index (χ0v) is 11.2. The van der Waals surface area contributed by atoms with E-state index in [2.05, 4.69) is 0 Å². The van der Waals surface area contributed by atoms with E-state index in [1.165, 1.54) is 0 Å².